The minimum atomic E-state index is -0.826. The molecule has 0 spiro atoms. The van der Waals surface area contributed by atoms with Gasteiger partial charge in [0.15, 0.2) is 0 Å². The first-order chi connectivity index (χ1) is 21.8. The molecule has 0 aliphatic heterocycles. The van der Waals surface area contributed by atoms with Crippen molar-refractivity contribution in [2.75, 3.05) is 0 Å². The van der Waals surface area contributed by atoms with Gasteiger partial charge < -0.3 is 0 Å². The third-order valence-corrected chi connectivity index (χ3v) is 9.06. The summed E-state index contributed by atoms with van der Waals surface area (Å²) < 4.78 is 0. The van der Waals surface area contributed by atoms with E-state index in [4.69, 9.17) is 17.0 Å². The van der Waals surface area contributed by atoms with Gasteiger partial charge in [0.25, 0.3) is 0 Å². The normalized spacial score (nSPS) is 10.4. The van der Waals surface area contributed by atoms with Gasteiger partial charge in [0.2, 0.25) is 0 Å². The molecule has 0 fully saturated rings. The summed E-state index contributed by atoms with van der Waals surface area (Å²) in [6, 6.07) is 27.0. The number of rotatable bonds is 2. The zero-order chi connectivity index (χ0) is 34.3. The van der Waals surface area contributed by atoms with E-state index < -0.39 is 20.8 Å². The van der Waals surface area contributed by atoms with Gasteiger partial charge in [-0.25, -0.2) is 0 Å². The summed E-state index contributed by atoms with van der Waals surface area (Å²) in [5.41, 5.74) is 19.4. The molecule has 0 heterocycles. The van der Waals surface area contributed by atoms with Crippen LogP contribution in [0.15, 0.2) is 72.8 Å². The molecule has 6 aromatic carbocycles. The Bertz CT molecular complexity index is 1750. The molecule has 0 nitrogen and oxygen atoms in total. The molecular weight excluding hydrogens is 695 g/mol. The molecule has 0 aliphatic carbocycles. The van der Waals surface area contributed by atoms with E-state index >= 15 is 0 Å². The van der Waals surface area contributed by atoms with E-state index in [1.807, 2.05) is 0 Å². The Labute approximate surface area is 299 Å². The van der Waals surface area contributed by atoms with E-state index in [2.05, 4.69) is 155 Å². The summed E-state index contributed by atoms with van der Waals surface area (Å²) in [7, 11) is 11.0. The molecule has 6 rings (SSSR count). The van der Waals surface area contributed by atoms with E-state index in [1.165, 1.54) is 99.4 Å². The van der Waals surface area contributed by atoms with Crippen molar-refractivity contribution in [1.29, 1.82) is 0 Å². The van der Waals surface area contributed by atoms with E-state index in [9.17, 15) is 0 Å². The summed E-state index contributed by atoms with van der Waals surface area (Å²) in [5.74, 6) is 0. The van der Waals surface area contributed by atoms with Crippen LogP contribution in [0.2, 0.25) is 13.1 Å². The van der Waals surface area contributed by atoms with Gasteiger partial charge in [0.1, 0.15) is 0 Å². The van der Waals surface area contributed by atoms with Crippen molar-refractivity contribution in [2.45, 2.75) is 82.3 Å². The van der Waals surface area contributed by atoms with Gasteiger partial charge in [-0.3, -0.25) is 0 Å². The second-order valence-electron chi connectivity index (χ2n) is 12.5. The van der Waals surface area contributed by atoms with Crippen LogP contribution in [0.5, 0.6) is 0 Å². The first kappa shape index (κ1) is 38.2. The van der Waals surface area contributed by atoms with Crippen molar-refractivity contribution in [2.24, 2.45) is 0 Å². The van der Waals surface area contributed by atoms with Crippen LogP contribution in [0.25, 0.3) is 43.8 Å². The zero-order valence-corrected chi connectivity index (χ0v) is 34.7. The molecule has 0 bridgehead atoms. The third-order valence-electron chi connectivity index (χ3n) is 9.06. The molecule has 6 aromatic rings. The quantitative estimate of drug-likeness (QED) is 0.122. The van der Waals surface area contributed by atoms with Gasteiger partial charge in [0, 0.05) is 9.52 Å². The standard InChI is InChI=1S/2C20H21.C2H6Si.2ClH.Zr/c2*1-12-9-17-7-6-8-18(19(17)10-12)20-15(4)13(2)11-14(3)16(20)5;1-3-2;;;/h2*6-11H,1-5H3;1-2H3;2*1H;/q2*-1;;;;+4/p-2. The Hall–Kier alpha value is -2.22. The van der Waals surface area contributed by atoms with Crippen molar-refractivity contribution >= 4 is 48.1 Å². The third kappa shape index (κ3) is 8.62. The molecular formula is C42H48Cl2SiZr. The van der Waals surface area contributed by atoms with Gasteiger partial charge >= 0.3 is 37.9 Å². The van der Waals surface area contributed by atoms with Crippen LogP contribution in [0.1, 0.15) is 55.6 Å². The zero-order valence-electron chi connectivity index (χ0n) is 29.7. The number of fused-ring (bicyclic) bond motifs is 2. The fourth-order valence-corrected chi connectivity index (χ4v) is 6.45. The average Bonchev–Trinajstić information content (AvgIpc) is 3.58. The molecule has 0 saturated carbocycles. The van der Waals surface area contributed by atoms with Crippen LogP contribution in [0.4, 0.5) is 0 Å². The van der Waals surface area contributed by atoms with Crippen LogP contribution in [0, 0.1) is 69.2 Å². The molecule has 238 valence electrons. The number of hydrogen-bond acceptors (Lipinski definition) is 0. The van der Waals surface area contributed by atoms with Gasteiger partial charge in [-0.1, -0.05) is 62.3 Å². The van der Waals surface area contributed by atoms with E-state index in [1.54, 1.807) is 0 Å². The SMILES string of the molecule is C[Si]C.Cc1cc2c(-c3c(C)c(C)cc(C)c3C)cccc2[cH-]1.Cc1cc2c(-c3c(C)c(C)cc(C)c3C)cccc2[cH-]1.[Cl][Zr+2][Cl]. The van der Waals surface area contributed by atoms with E-state index in [-0.39, 0.29) is 0 Å². The van der Waals surface area contributed by atoms with Gasteiger partial charge in [-0.05, 0) is 111 Å². The molecule has 2 radical (unpaired) electrons. The van der Waals surface area contributed by atoms with Crippen molar-refractivity contribution < 1.29 is 20.8 Å². The second kappa shape index (κ2) is 17.3. The molecule has 0 N–H and O–H groups in total. The number of hydrogen-bond donors (Lipinski definition) is 0. The fourth-order valence-electron chi connectivity index (χ4n) is 6.45. The molecule has 0 amide bonds. The van der Waals surface area contributed by atoms with Crippen LogP contribution in [-0.2, 0) is 20.8 Å². The Kier molecular flexibility index (Phi) is 14.3. The second-order valence-corrected chi connectivity index (χ2v) is 17.3. The summed E-state index contributed by atoms with van der Waals surface area (Å²) in [5, 5.41) is 5.44. The van der Waals surface area contributed by atoms with Gasteiger partial charge in [-0.15, -0.1) is 69.1 Å². The average molecular weight is 743 g/mol. The summed E-state index contributed by atoms with van der Waals surface area (Å²) in [4.78, 5) is 0. The molecule has 0 saturated heterocycles. The van der Waals surface area contributed by atoms with Crippen molar-refractivity contribution in [3.63, 3.8) is 0 Å². The first-order valence-electron chi connectivity index (χ1n) is 15.8. The van der Waals surface area contributed by atoms with E-state index in [0.717, 1.165) is 9.52 Å². The van der Waals surface area contributed by atoms with Crippen molar-refractivity contribution in [1.82, 2.24) is 0 Å². The first-order valence-corrected chi connectivity index (χ1v) is 24.2. The molecule has 0 aliphatic rings. The molecule has 0 atom stereocenters. The number of aryl methyl sites for hydroxylation is 6. The van der Waals surface area contributed by atoms with Gasteiger partial charge in [-0.2, -0.15) is 12.1 Å². The number of halogens is 2. The molecule has 4 heteroatoms. The van der Waals surface area contributed by atoms with Crippen molar-refractivity contribution in [3.05, 3.63) is 128 Å². The van der Waals surface area contributed by atoms with Crippen LogP contribution in [-0.4, -0.2) is 9.52 Å². The van der Waals surface area contributed by atoms with Crippen LogP contribution in [0.3, 0.4) is 0 Å². The van der Waals surface area contributed by atoms with Gasteiger partial charge in [0.05, 0.1) is 0 Å². The van der Waals surface area contributed by atoms with E-state index in [0.29, 0.717) is 0 Å². The predicted molar refractivity (Wildman–Crippen MR) is 207 cm³/mol. The summed E-state index contributed by atoms with van der Waals surface area (Å²) in [6.07, 6.45) is 0. The number of benzene rings is 4. The Morgan fingerprint density at radius 1 is 0.500 bits per heavy atom. The van der Waals surface area contributed by atoms with Crippen LogP contribution >= 0.6 is 17.0 Å². The minimum absolute atomic E-state index is 0.826. The molecule has 0 unspecified atom stereocenters. The topological polar surface area (TPSA) is 0 Å². The predicted octanol–water partition coefficient (Wildman–Crippen LogP) is 13.7. The molecule has 0 aromatic heterocycles. The monoisotopic (exact) mass is 740 g/mol. The fraction of sp³-hybridized carbons (Fsp3) is 0.286. The van der Waals surface area contributed by atoms with Crippen molar-refractivity contribution in [3.8, 4) is 22.3 Å². The Balaban J connectivity index is 0.000000214. The maximum absolute atomic E-state index is 4.93. The molecule has 46 heavy (non-hydrogen) atoms. The summed E-state index contributed by atoms with van der Waals surface area (Å²) in [6.45, 7) is 26.5. The Morgan fingerprint density at radius 3 is 1.07 bits per heavy atom. The Morgan fingerprint density at radius 2 is 0.783 bits per heavy atom. The summed E-state index contributed by atoms with van der Waals surface area (Å²) >= 11 is -0.826. The van der Waals surface area contributed by atoms with Crippen LogP contribution < -0.4 is 0 Å². The maximum atomic E-state index is 4.93.